The second-order valence-electron chi connectivity index (χ2n) is 6.45. The van der Waals surface area contributed by atoms with Gasteiger partial charge in [0.15, 0.2) is 5.82 Å². The molecule has 0 fully saturated rings. The molecule has 0 atom stereocenters. The highest BCUT2D eigenvalue weighted by Crippen LogP contribution is 2.23. The van der Waals surface area contributed by atoms with Crippen LogP contribution in [0.25, 0.3) is 16.7 Å². The van der Waals surface area contributed by atoms with E-state index in [0.29, 0.717) is 23.6 Å². The lowest BCUT2D eigenvalue weighted by atomic mass is 10.1. The van der Waals surface area contributed by atoms with Crippen LogP contribution in [0.3, 0.4) is 0 Å². The van der Waals surface area contributed by atoms with Gasteiger partial charge in [-0.25, -0.2) is 4.98 Å². The van der Waals surface area contributed by atoms with Gasteiger partial charge in [-0.3, -0.25) is 4.79 Å². The van der Waals surface area contributed by atoms with E-state index < -0.39 is 0 Å². The van der Waals surface area contributed by atoms with E-state index in [4.69, 9.17) is 0 Å². The maximum absolute atomic E-state index is 12.6. The quantitative estimate of drug-likeness (QED) is 0.514. The molecule has 8 nitrogen and oxygen atoms in total. The molecular weight excluding hydrogens is 378 g/mol. The van der Waals surface area contributed by atoms with Crippen molar-refractivity contribution in [3.05, 3.63) is 54.1 Å². The summed E-state index contributed by atoms with van der Waals surface area (Å²) in [5.74, 6) is 0.604. The lowest BCUT2D eigenvalue weighted by Gasteiger charge is -2.20. The van der Waals surface area contributed by atoms with Gasteiger partial charge in [-0.1, -0.05) is 32.9 Å². The average molecular weight is 406 g/mol. The monoisotopic (exact) mass is 405 g/mol. The first-order chi connectivity index (χ1) is 14.7. The standard InChI is InChI=1S/C20H21N7O.C2H6/c1-3-13-26(4-2)20(28)14-9-11-15(12-10-14)21-18-19-23-24-25-27(19)17-8-6-5-7-16(17)22-18;1-2/h5-12H,3-4,13H2,1-2H3,(H,21,22);1-2H3. The van der Waals surface area contributed by atoms with E-state index in [1.165, 1.54) is 0 Å². The van der Waals surface area contributed by atoms with Crippen LogP contribution in [0, 0.1) is 0 Å². The lowest BCUT2D eigenvalue weighted by molar-refractivity contribution is 0.0764. The fourth-order valence-electron chi connectivity index (χ4n) is 3.18. The first kappa shape index (κ1) is 21.2. The second kappa shape index (κ2) is 9.78. The van der Waals surface area contributed by atoms with Gasteiger partial charge in [0.05, 0.1) is 11.0 Å². The number of tetrazole rings is 1. The molecule has 0 aliphatic rings. The number of para-hydroxylation sites is 2. The van der Waals surface area contributed by atoms with Gasteiger partial charge < -0.3 is 10.2 Å². The van der Waals surface area contributed by atoms with E-state index >= 15 is 0 Å². The van der Waals surface area contributed by atoms with Crippen molar-refractivity contribution in [2.75, 3.05) is 18.4 Å². The Balaban J connectivity index is 0.00000124. The lowest BCUT2D eigenvalue weighted by Crippen LogP contribution is -2.31. The molecule has 4 rings (SSSR count). The van der Waals surface area contributed by atoms with Crippen LogP contribution in [0.5, 0.6) is 0 Å². The van der Waals surface area contributed by atoms with E-state index in [2.05, 4.69) is 32.7 Å². The molecule has 0 saturated carbocycles. The summed E-state index contributed by atoms with van der Waals surface area (Å²) in [6.07, 6.45) is 0.940. The summed E-state index contributed by atoms with van der Waals surface area (Å²) in [5, 5.41) is 15.2. The molecule has 2 heterocycles. The van der Waals surface area contributed by atoms with Crippen molar-refractivity contribution in [2.24, 2.45) is 0 Å². The van der Waals surface area contributed by atoms with Crippen molar-refractivity contribution in [3.63, 3.8) is 0 Å². The van der Waals surface area contributed by atoms with E-state index in [1.807, 2.05) is 74.2 Å². The van der Waals surface area contributed by atoms with Crippen molar-refractivity contribution in [3.8, 4) is 0 Å². The van der Waals surface area contributed by atoms with Crippen LogP contribution in [0.4, 0.5) is 11.5 Å². The molecule has 1 amide bonds. The zero-order valence-corrected chi connectivity index (χ0v) is 17.8. The van der Waals surface area contributed by atoms with Gasteiger partial charge in [-0.2, -0.15) is 4.52 Å². The van der Waals surface area contributed by atoms with E-state index in [9.17, 15) is 4.79 Å². The summed E-state index contributed by atoms with van der Waals surface area (Å²) >= 11 is 0. The van der Waals surface area contributed by atoms with Gasteiger partial charge in [-0.05, 0) is 60.2 Å². The Morgan fingerprint density at radius 2 is 1.80 bits per heavy atom. The molecule has 1 N–H and O–H groups in total. The predicted molar refractivity (Wildman–Crippen MR) is 119 cm³/mol. The predicted octanol–water partition coefficient (Wildman–Crippen LogP) is 4.31. The summed E-state index contributed by atoms with van der Waals surface area (Å²) < 4.78 is 1.66. The van der Waals surface area contributed by atoms with Gasteiger partial charge in [0.1, 0.15) is 0 Å². The normalized spacial score (nSPS) is 10.5. The number of carbonyl (C=O) groups excluding carboxylic acids is 1. The first-order valence-corrected chi connectivity index (χ1v) is 10.3. The summed E-state index contributed by atoms with van der Waals surface area (Å²) in [6.45, 7) is 9.52. The largest absolute Gasteiger partial charge is 0.339 e. The number of benzene rings is 2. The molecule has 0 aliphatic heterocycles. The fraction of sp³-hybridized carbons (Fsp3) is 0.318. The number of hydrogen-bond acceptors (Lipinski definition) is 6. The molecule has 0 saturated heterocycles. The molecule has 0 radical (unpaired) electrons. The number of anilines is 2. The third-order valence-corrected chi connectivity index (χ3v) is 4.58. The minimum atomic E-state index is 0.0452. The van der Waals surface area contributed by atoms with Gasteiger partial charge in [0.25, 0.3) is 5.91 Å². The van der Waals surface area contributed by atoms with Crippen LogP contribution in [-0.4, -0.2) is 48.9 Å². The highest BCUT2D eigenvalue weighted by molar-refractivity contribution is 5.94. The molecule has 4 aromatic rings. The van der Waals surface area contributed by atoms with Crippen molar-refractivity contribution in [2.45, 2.75) is 34.1 Å². The highest BCUT2D eigenvalue weighted by atomic mass is 16.2. The fourth-order valence-corrected chi connectivity index (χ4v) is 3.18. The number of carbonyl (C=O) groups is 1. The van der Waals surface area contributed by atoms with Gasteiger partial charge in [-0.15, -0.1) is 5.10 Å². The summed E-state index contributed by atoms with van der Waals surface area (Å²) in [4.78, 5) is 19.1. The van der Waals surface area contributed by atoms with Crippen molar-refractivity contribution in [1.82, 2.24) is 29.9 Å². The first-order valence-electron chi connectivity index (χ1n) is 10.3. The van der Waals surface area contributed by atoms with Gasteiger partial charge >= 0.3 is 0 Å². The van der Waals surface area contributed by atoms with Crippen molar-refractivity contribution < 1.29 is 4.79 Å². The Hall–Kier alpha value is -3.55. The van der Waals surface area contributed by atoms with Gasteiger partial charge in [0.2, 0.25) is 5.65 Å². The number of amides is 1. The summed E-state index contributed by atoms with van der Waals surface area (Å²) in [6, 6.07) is 15.1. The molecule has 0 spiro atoms. The Morgan fingerprint density at radius 3 is 2.50 bits per heavy atom. The zero-order valence-electron chi connectivity index (χ0n) is 17.8. The molecule has 2 aromatic carbocycles. The van der Waals surface area contributed by atoms with Crippen molar-refractivity contribution in [1.29, 1.82) is 0 Å². The topological polar surface area (TPSA) is 88.3 Å². The number of nitrogens with one attached hydrogen (secondary N) is 1. The smallest absolute Gasteiger partial charge is 0.253 e. The van der Waals surface area contributed by atoms with Crippen LogP contribution in [-0.2, 0) is 0 Å². The van der Waals surface area contributed by atoms with E-state index in [-0.39, 0.29) is 5.91 Å². The molecule has 0 unspecified atom stereocenters. The molecule has 8 heteroatoms. The Morgan fingerprint density at radius 1 is 1.07 bits per heavy atom. The molecule has 0 bridgehead atoms. The minimum Gasteiger partial charge on any atom is -0.339 e. The number of hydrogen-bond donors (Lipinski definition) is 1. The van der Waals surface area contributed by atoms with Crippen LogP contribution in [0.15, 0.2) is 48.5 Å². The van der Waals surface area contributed by atoms with Crippen molar-refractivity contribution >= 4 is 34.1 Å². The Bertz CT molecular complexity index is 1120. The highest BCUT2D eigenvalue weighted by Gasteiger charge is 2.14. The van der Waals surface area contributed by atoms with Crippen LogP contribution >= 0.6 is 0 Å². The number of aromatic nitrogens is 5. The maximum atomic E-state index is 12.6. The molecule has 0 aliphatic carbocycles. The number of fused-ring (bicyclic) bond motifs is 3. The van der Waals surface area contributed by atoms with E-state index in [1.54, 1.807) is 4.52 Å². The molecule has 30 heavy (non-hydrogen) atoms. The maximum Gasteiger partial charge on any atom is 0.253 e. The SMILES string of the molecule is CC.CCCN(CC)C(=O)c1ccc(Nc2nc3ccccc3n3nnnc23)cc1. The Kier molecular flexibility index (Phi) is 6.90. The zero-order chi connectivity index (χ0) is 21.5. The third kappa shape index (κ3) is 4.22. The van der Waals surface area contributed by atoms with Crippen LogP contribution < -0.4 is 5.32 Å². The van der Waals surface area contributed by atoms with E-state index in [0.717, 1.165) is 29.7 Å². The number of nitrogens with zero attached hydrogens (tertiary/aromatic N) is 6. The third-order valence-electron chi connectivity index (χ3n) is 4.58. The summed E-state index contributed by atoms with van der Waals surface area (Å²) in [7, 11) is 0. The van der Waals surface area contributed by atoms with Crippen LogP contribution in [0.2, 0.25) is 0 Å². The molecule has 2 aromatic heterocycles. The molecular formula is C22H27N7O. The molecule has 156 valence electrons. The minimum absolute atomic E-state index is 0.0452. The second-order valence-corrected chi connectivity index (χ2v) is 6.45. The average Bonchev–Trinajstić information content (AvgIpc) is 3.30. The number of rotatable bonds is 6. The van der Waals surface area contributed by atoms with Gasteiger partial charge in [0, 0.05) is 24.3 Å². The summed E-state index contributed by atoms with van der Waals surface area (Å²) in [5.41, 5.74) is 3.64. The van der Waals surface area contributed by atoms with Crippen LogP contribution in [0.1, 0.15) is 44.5 Å². The Labute approximate surface area is 175 Å².